The highest BCUT2D eigenvalue weighted by molar-refractivity contribution is 6.33. The molecule has 27 heavy (non-hydrogen) atoms. The number of benzene rings is 2. The molecule has 0 aliphatic rings. The summed E-state index contributed by atoms with van der Waals surface area (Å²) in [7, 11) is 1.37. The number of nitrogens with one attached hydrogen (secondary N) is 1. The predicted octanol–water partition coefficient (Wildman–Crippen LogP) is 2.21. The van der Waals surface area contributed by atoms with Crippen LogP contribution in [0.5, 0.6) is 5.75 Å². The number of hydrogen-bond acceptors (Lipinski definition) is 6. The van der Waals surface area contributed by atoms with Gasteiger partial charge in [-0.25, -0.2) is 4.79 Å². The molecule has 142 valence electrons. The largest absolute Gasteiger partial charge is 0.496 e. The van der Waals surface area contributed by atoms with Crippen LogP contribution in [0.2, 0.25) is 5.02 Å². The summed E-state index contributed by atoms with van der Waals surface area (Å²) >= 11 is 5.93. The molecule has 0 radical (unpaired) electrons. The molecule has 1 unspecified atom stereocenters. The Kier molecular flexibility index (Phi) is 6.25. The zero-order valence-corrected chi connectivity index (χ0v) is 15.4. The Bertz CT molecular complexity index is 883. The van der Waals surface area contributed by atoms with Crippen LogP contribution in [-0.2, 0) is 9.53 Å². The number of carbonyl (C=O) groups excluding carboxylic acids is 3. The Labute approximate surface area is 160 Å². The number of methoxy groups -OCH3 is 1. The van der Waals surface area contributed by atoms with Gasteiger partial charge >= 0.3 is 5.97 Å². The summed E-state index contributed by atoms with van der Waals surface area (Å²) < 4.78 is 10.3. The molecule has 0 aromatic heterocycles. The highest BCUT2D eigenvalue weighted by Crippen LogP contribution is 2.29. The molecule has 0 heterocycles. The van der Waals surface area contributed by atoms with Gasteiger partial charge in [-0.3, -0.25) is 9.59 Å². The molecule has 0 fully saturated rings. The average Bonchev–Trinajstić information content (AvgIpc) is 2.63. The third kappa shape index (κ3) is 4.89. The minimum absolute atomic E-state index is 0.0437. The van der Waals surface area contributed by atoms with Gasteiger partial charge in [0.25, 0.3) is 5.91 Å². The van der Waals surface area contributed by atoms with Gasteiger partial charge in [0.1, 0.15) is 11.3 Å². The van der Waals surface area contributed by atoms with E-state index in [0.717, 1.165) is 0 Å². The van der Waals surface area contributed by atoms with E-state index in [-0.39, 0.29) is 22.0 Å². The third-order valence-electron chi connectivity index (χ3n) is 3.63. The SMILES string of the molecule is COc1cc(N)c(Cl)cc1C(=O)OC(C)C(=O)Nc1ccc(C(N)=O)cc1. The highest BCUT2D eigenvalue weighted by atomic mass is 35.5. The van der Waals surface area contributed by atoms with Gasteiger partial charge in [-0.15, -0.1) is 0 Å². The lowest BCUT2D eigenvalue weighted by molar-refractivity contribution is -0.123. The number of nitrogen functional groups attached to an aromatic ring is 1. The quantitative estimate of drug-likeness (QED) is 0.510. The van der Waals surface area contributed by atoms with Crippen molar-refractivity contribution in [1.82, 2.24) is 0 Å². The van der Waals surface area contributed by atoms with Crippen LogP contribution in [0.25, 0.3) is 0 Å². The molecular formula is C18H18ClN3O5. The minimum atomic E-state index is -1.10. The summed E-state index contributed by atoms with van der Waals surface area (Å²) in [5.41, 5.74) is 11.8. The van der Waals surface area contributed by atoms with Gasteiger partial charge in [-0.05, 0) is 37.3 Å². The molecule has 0 aliphatic carbocycles. The summed E-state index contributed by atoms with van der Waals surface area (Å²) in [6.07, 6.45) is -1.10. The summed E-state index contributed by atoms with van der Waals surface area (Å²) in [5, 5.41) is 2.73. The summed E-state index contributed by atoms with van der Waals surface area (Å²) in [6, 6.07) is 8.66. The van der Waals surface area contributed by atoms with Gasteiger partial charge in [0.2, 0.25) is 5.91 Å². The van der Waals surface area contributed by atoms with Crippen molar-refractivity contribution in [1.29, 1.82) is 0 Å². The first-order valence-electron chi connectivity index (χ1n) is 7.77. The van der Waals surface area contributed by atoms with Crippen molar-refractivity contribution in [3.63, 3.8) is 0 Å². The van der Waals surface area contributed by atoms with Crippen molar-refractivity contribution < 1.29 is 23.9 Å². The normalized spacial score (nSPS) is 11.4. The molecule has 0 spiro atoms. The fourth-order valence-electron chi connectivity index (χ4n) is 2.14. The first-order valence-corrected chi connectivity index (χ1v) is 8.15. The van der Waals surface area contributed by atoms with Crippen LogP contribution in [0.1, 0.15) is 27.6 Å². The molecule has 0 aliphatic heterocycles. The summed E-state index contributed by atoms with van der Waals surface area (Å²) in [6.45, 7) is 1.41. The number of halogens is 1. The fraction of sp³-hybridized carbons (Fsp3) is 0.167. The molecule has 0 saturated carbocycles. The molecule has 9 heteroatoms. The van der Waals surface area contributed by atoms with Gasteiger partial charge < -0.3 is 26.3 Å². The van der Waals surface area contributed by atoms with Crippen molar-refractivity contribution in [2.45, 2.75) is 13.0 Å². The lowest BCUT2D eigenvalue weighted by Gasteiger charge is -2.15. The third-order valence-corrected chi connectivity index (χ3v) is 3.96. The van der Waals surface area contributed by atoms with E-state index in [1.54, 1.807) is 0 Å². The highest BCUT2D eigenvalue weighted by Gasteiger charge is 2.22. The lowest BCUT2D eigenvalue weighted by atomic mass is 10.1. The molecule has 0 bridgehead atoms. The van der Waals surface area contributed by atoms with E-state index in [1.807, 2.05) is 0 Å². The number of anilines is 2. The van der Waals surface area contributed by atoms with Gasteiger partial charge in [0.15, 0.2) is 6.10 Å². The maximum absolute atomic E-state index is 12.3. The second-order valence-corrected chi connectivity index (χ2v) is 5.96. The number of primary amides is 1. The van der Waals surface area contributed by atoms with Crippen LogP contribution in [-0.4, -0.2) is 31.0 Å². The molecule has 1 atom stereocenters. The number of hydrogen-bond donors (Lipinski definition) is 3. The maximum Gasteiger partial charge on any atom is 0.342 e. The Morgan fingerprint density at radius 2 is 1.78 bits per heavy atom. The maximum atomic E-state index is 12.3. The standard InChI is InChI=1S/C18H18ClN3O5/c1-9(17(24)22-11-5-3-10(4-6-11)16(21)23)27-18(25)12-7-13(19)14(20)8-15(12)26-2/h3-9H,20H2,1-2H3,(H2,21,23)(H,22,24). The Hall–Kier alpha value is -3.26. The first-order chi connectivity index (χ1) is 12.7. The van der Waals surface area contributed by atoms with Crippen LogP contribution in [0.15, 0.2) is 36.4 Å². The van der Waals surface area contributed by atoms with E-state index < -0.39 is 23.9 Å². The lowest BCUT2D eigenvalue weighted by Crippen LogP contribution is -2.30. The van der Waals surface area contributed by atoms with Crippen LogP contribution < -0.4 is 21.5 Å². The number of ether oxygens (including phenoxy) is 2. The average molecular weight is 392 g/mol. The number of nitrogens with two attached hydrogens (primary N) is 2. The van der Waals surface area contributed by atoms with Crippen LogP contribution in [0.4, 0.5) is 11.4 Å². The monoisotopic (exact) mass is 391 g/mol. The Morgan fingerprint density at radius 3 is 2.33 bits per heavy atom. The molecule has 5 N–H and O–H groups in total. The van der Waals surface area contributed by atoms with Crippen molar-refractivity contribution in [3.8, 4) is 5.75 Å². The zero-order valence-electron chi connectivity index (χ0n) is 14.6. The number of rotatable bonds is 6. The summed E-state index contributed by atoms with van der Waals surface area (Å²) in [5.74, 6) is -1.75. The first kappa shape index (κ1) is 20.1. The second-order valence-electron chi connectivity index (χ2n) is 5.55. The zero-order chi connectivity index (χ0) is 20.1. The summed E-state index contributed by atoms with van der Waals surface area (Å²) in [4.78, 5) is 35.6. The molecule has 2 rings (SSSR count). The molecule has 2 aromatic rings. The molecule has 8 nitrogen and oxygen atoms in total. The molecule has 2 aromatic carbocycles. The van der Waals surface area contributed by atoms with Crippen molar-refractivity contribution in [3.05, 3.63) is 52.5 Å². The van der Waals surface area contributed by atoms with Crippen LogP contribution in [0, 0.1) is 0 Å². The van der Waals surface area contributed by atoms with Gasteiger partial charge in [0.05, 0.1) is 17.8 Å². The second kappa shape index (κ2) is 8.41. The van der Waals surface area contributed by atoms with E-state index in [4.69, 9.17) is 32.5 Å². The van der Waals surface area contributed by atoms with Crippen molar-refractivity contribution in [2.75, 3.05) is 18.2 Å². The number of carbonyl (C=O) groups is 3. The molecule has 0 saturated heterocycles. The van der Waals surface area contributed by atoms with Gasteiger partial charge in [-0.2, -0.15) is 0 Å². The van der Waals surface area contributed by atoms with E-state index >= 15 is 0 Å². The van der Waals surface area contributed by atoms with Crippen LogP contribution in [0.3, 0.4) is 0 Å². The van der Waals surface area contributed by atoms with E-state index in [1.165, 1.54) is 50.4 Å². The number of amides is 2. The van der Waals surface area contributed by atoms with E-state index in [0.29, 0.717) is 11.3 Å². The molecule has 2 amide bonds. The van der Waals surface area contributed by atoms with Crippen molar-refractivity contribution >= 4 is 40.8 Å². The van der Waals surface area contributed by atoms with Gasteiger partial charge in [-0.1, -0.05) is 11.6 Å². The van der Waals surface area contributed by atoms with Gasteiger partial charge in [0, 0.05) is 17.3 Å². The van der Waals surface area contributed by atoms with E-state index in [9.17, 15) is 14.4 Å². The van der Waals surface area contributed by atoms with Crippen LogP contribution >= 0.6 is 11.6 Å². The fourth-order valence-corrected chi connectivity index (χ4v) is 2.30. The Balaban J connectivity index is 2.06. The topological polar surface area (TPSA) is 134 Å². The number of esters is 1. The molecular weight excluding hydrogens is 374 g/mol. The van der Waals surface area contributed by atoms with Crippen molar-refractivity contribution in [2.24, 2.45) is 5.73 Å². The minimum Gasteiger partial charge on any atom is -0.496 e. The smallest absolute Gasteiger partial charge is 0.342 e. The predicted molar refractivity (Wildman–Crippen MR) is 101 cm³/mol. The van der Waals surface area contributed by atoms with E-state index in [2.05, 4.69) is 5.32 Å². The Morgan fingerprint density at radius 1 is 1.15 bits per heavy atom.